The standard InChI is InChI=1S/C27H26N6O3/c1-4-21(33-17-30-22-15-20(26(34)28-3)11-13-23(22)33)12-10-18(2)16-29-27(35)25-31-24(36-32-25)14-19-8-6-5-7-9-19/h4-13,15,17H,2,14,16H2,1,3H3,(H,28,34)(H,29,35)/b12-10-,21-4+. The summed E-state index contributed by atoms with van der Waals surface area (Å²) < 4.78 is 7.11. The molecule has 4 rings (SSSR count). The molecule has 4 aromatic rings. The summed E-state index contributed by atoms with van der Waals surface area (Å²) in [5.41, 5.74) is 4.68. The van der Waals surface area contributed by atoms with Crippen molar-refractivity contribution < 1.29 is 14.1 Å². The second-order valence-corrected chi connectivity index (χ2v) is 7.96. The molecule has 0 aliphatic rings. The minimum absolute atomic E-state index is 0.0205. The van der Waals surface area contributed by atoms with Crippen molar-refractivity contribution in [1.82, 2.24) is 30.3 Å². The van der Waals surface area contributed by atoms with Gasteiger partial charge in [-0.2, -0.15) is 4.98 Å². The van der Waals surface area contributed by atoms with Gasteiger partial charge in [-0.15, -0.1) is 0 Å². The van der Waals surface area contributed by atoms with Crippen molar-refractivity contribution >= 4 is 28.5 Å². The van der Waals surface area contributed by atoms with E-state index in [9.17, 15) is 9.59 Å². The molecule has 2 aromatic heterocycles. The summed E-state index contributed by atoms with van der Waals surface area (Å²) in [6.07, 6.45) is 7.79. The van der Waals surface area contributed by atoms with E-state index in [1.165, 1.54) is 0 Å². The Kier molecular flexibility index (Phi) is 7.50. The highest BCUT2D eigenvalue weighted by molar-refractivity contribution is 5.97. The van der Waals surface area contributed by atoms with Gasteiger partial charge in [0, 0.05) is 24.9 Å². The highest BCUT2D eigenvalue weighted by atomic mass is 16.5. The number of imidazole rings is 1. The third-order valence-corrected chi connectivity index (χ3v) is 5.45. The van der Waals surface area contributed by atoms with Crippen LogP contribution in [0.15, 0.2) is 89.8 Å². The van der Waals surface area contributed by atoms with Crippen LogP contribution in [0.3, 0.4) is 0 Å². The van der Waals surface area contributed by atoms with Gasteiger partial charge in [0.1, 0.15) is 6.33 Å². The normalized spacial score (nSPS) is 11.7. The fourth-order valence-electron chi connectivity index (χ4n) is 3.54. The quantitative estimate of drug-likeness (QED) is 0.351. The monoisotopic (exact) mass is 482 g/mol. The Bertz CT molecular complexity index is 1460. The molecule has 2 aromatic carbocycles. The molecule has 0 saturated carbocycles. The summed E-state index contributed by atoms with van der Waals surface area (Å²) in [6.45, 7) is 6.14. The first-order chi connectivity index (χ1) is 17.5. The number of carbonyl (C=O) groups is 2. The average Bonchev–Trinajstić information content (AvgIpc) is 3.55. The molecule has 0 aliphatic carbocycles. The SMILES string of the molecule is C=C(/C=C\C(=C/C)n1cnc2cc(C(=O)NC)ccc21)CNC(=O)c1noc(Cc2ccccc2)n1. The third kappa shape index (κ3) is 5.64. The second kappa shape index (κ2) is 11.1. The molecule has 36 heavy (non-hydrogen) atoms. The lowest BCUT2D eigenvalue weighted by Gasteiger charge is -2.07. The lowest BCUT2D eigenvalue weighted by Crippen LogP contribution is -2.26. The first kappa shape index (κ1) is 24.3. The number of hydrogen-bond donors (Lipinski definition) is 2. The van der Waals surface area contributed by atoms with Crippen LogP contribution in [-0.2, 0) is 6.42 Å². The van der Waals surface area contributed by atoms with Gasteiger partial charge in [-0.3, -0.25) is 14.2 Å². The van der Waals surface area contributed by atoms with Gasteiger partial charge >= 0.3 is 0 Å². The summed E-state index contributed by atoms with van der Waals surface area (Å²) in [6, 6.07) is 15.1. The number of rotatable bonds is 9. The van der Waals surface area contributed by atoms with E-state index in [2.05, 4.69) is 32.3 Å². The third-order valence-electron chi connectivity index (χ3n) is 5.45. The maximum absolute atomic E-state index is 12.4. The van der Waals surface area contributed by atoms with Crippen LogP contribution in [0.25, 0.3) is 16.7 Å². The summed E-state index contributed by atoms with van der Waals surface area (Å²) in [5.74, 6) is -0.249. The molecule has 0 unspecified atom stereocenters. The Hall–Kier alpha value is -4.79. The zero-order chi connectivity index (χ0) is 25.5. The Labute approximate surface area is 208 Å². The molecular weight excluding hydrogens is 456 g/mol. The van der Waals surface area contributed by atoms with E-state index in [0.717, 1.165) is 16.8 Å². The van der Waals surface area contributed by atoms with Gasteiger partial charge in [0.15, 0.2) is 0 Å². The van der Waals surface area contributed by atoms with Crippen LogP contribution in [0, 0.1) is 0 Å². The van der Waals surface area contributed by atoms with Gasteiger partial charge in [0.2, 0.25) is 5.89 Å². The van der Waals surface area contributed by atoms with E-state index in [0.29, 0.717) is 29.0 Å². The zero-order valence-corrected chi connectivity index (χ0v) is 20.1. The van der Waals surface area contributed by atoms with Crippen molar-refractivity contribution in [2.75, 3.05) is 13.6 Å². The van der Waals surface area contributed by atoms with Gasteiger partial charge in [-0.1, -0.05) is 54.2 Å². The number of hydrogen-bond acceptors (Lipinski definition) is 6. The van der Waals surface area contributed by atoms with Gasteiger partial charge < -0.3 is 15.2 Å². The lowest BCUT2D eigenvalue weighted by molar-refractivity contribution is 0.0941. The number of allylic oxidation sites excluding steroid dienone is 3. The summed E-state index contributed by atoms with van der Waals surface area (Å²) in [7, 11) is 1.59. The second-order valence-electron chi connectivity index (χ2n) is 7.96. The predicted molar refractivity (Wildman–Crippen MR) is 137 cm³/mol. The van der Waals surface area contributed by atoms with Gasteiger partial charge in [0.05, 0.1) is 17.5 Å². The Morgan fingerprint density at radius 1 is 1.11 bits per heavy atom. The molecule has 0 bridgehead atoms. The van der Waals surface area contributed by atoms with E-state index in [-0.39, 0.29) is 18.3 Å². The molecule has 2 N–H and O–H groups in total. The van der Waals surface area contributed by atoms with Crippen LogP contribution in [0.1, 0.15) is 39.4 Å². The molecule has 2 amide bonds. The minimum Gasteiger partial charge on any atom is -0.355 e. The van der Waals surface area contributed by atoms with Crippen LogP contribution in [0.5, 0.6) is 0 Å². The van der Waals surface area contributed by atoms with E-state index in [1.54, 1.807) is 25.5 Å². The molecule has 9 nitrogen and oxygen atoms in total. The predicted octanol–water partition coefficient (Wildman–Crippen LogP) is 3.77. The summed E-state index contributed by atoms with van der Waals surface area (Å²) in [4.78, 5) is 32.9. The zero-order valence-electron chi connectivity index (χ0n) is 20.1. The van der Waals surface area contributed by atoms with E-state index < -0.39 is 5.91 Å². The van der Waals surface area contributed by atoms with Gasteiger partial charge in [-0.25, -0.2) is 4.98 Å². The lowest BCUT2D eigenvalue weighted by atomic mass is 10.1. The molecule has 0 atom stereocenters. The Morgan fingerprint density at radius 2 is 1.92 bits per heavy atom. The number of aromatic nitrogens is 4. The smallest absolute Gasteiger partial charge is 0.292 e. The minimum atomic E-state index is -0.439. The van der Waals surface area contributed by atoms with E-state index >= 15 is 0 Å². The van der Waals surface area contributed by atoms with Crippen molar-refractivity contribution in [3.8, 4) is 0 Å². The number of fused-ring (bicyclic) bond motifs is 1. The first-order valence-corrected chi connectivity index (χ1v) is 11.3. The van der Waals surface area contributed by atoms with E-state index in [4.69, 9.17) is 4.52 Å². The van der Waals surface area contributed by atoms with Crippen LogP contribution in [0.2, 0.25) is 0 Å². The van der Waals surface area contributed by atoms with Crippen molar-refractivity contribution in [3.05, 3.63) is 108 Å². The van der Waals surface area contributed by atoms with Crippen molar-refractivity contribution in [2.45, 2.75) is 13.3 Å². The summed E-state index contributed by atoms with van der Waals surface area (Å²) >= 11 is 0. The average molecular weight is 483 g/mol. The van der Waals surface area contributed by atoms with Crippen molar-refractivity contribution in [1.29, 1.82) is 0 Å². The molecule has 9 heteroatoms. The molecule has 2 heterocycles. The molecular formula is C27H26N6O3. The van der Waals surface area contributed by atoms with E-state index in [1.807, 2.05) is 66.1 Å². The van der Waals surface area contributed by atoms with Gasteiger partial charge in [-0.05, 0) is 42.3 Å². The van der Waals surface area contributed by atoms with Crippen molar-refractivity contribution in [3.63, 3.8) is 0 Å². The number of nitrogens with one attached hydrogen (secondary N) is 2. The summed E-state index contributed by atoms with van der Waals surface area (Å²) in [5, 5.41) is 9.14. The van der Waals surface area contributed by atoms with Crippen molar-refractivity contribution in [2.24, 2.45) is 0 Å². The fraction of sp³-hybridized carbons (Fsp3) is 0.148. The number of carbonyl (C=O) groups excluding carboxylic acids is 2. The Morgan fingerprint density at radius 3 is 2.67 bits per heavy atom. The molecule has 0 radical (unpaired) electrons. The number of amides is 2. The first-order valence-electron chi connectivity index (χ1n) is 11.3. The molecule has 0 spiro atoms. The molecule has 182 valence electrons. The molecule has 0 saturated heterocycles. The number of nitrogens with zero attached hydrogens (tertiary/aromatic N) is 4. The molecule has 0 aliphatic heterocycles. The maximum Gasteiger partial charge on any atom is 0.292 e. The highest BCUT2D eigenvalue weighted by Gasteiger charge is 2.15. The number of benzene rings is 2. The van der Waals surface area contributed by atoms with Crippen LogP contribution in [0.4, 0.5) is 0 Å². The topological polar surface area (TPSA) is 115 Å². The fourth-order valence-corrected chi connectivity index (χ4v) is 3.54. The maximum atomic E-state index is 12.4. The molecule has 0 fully saturated rings. The van der Waals surface area contributed by atoms with Gasteiger partial charge in [0.25, 0.3) is 17.6 Å². The highest BCUT2D eigenvalue weighted by Crippen LogP contribution is 2.20. The van der Waals surface area contributed by atoms with Crippen LogP contribution >= 0.6 is 0 Å². The Balaban J connectivity index is 1.35. The van der Waals surface area contributed by atoms with Crippen LogP contribution < -0.4 is 10.6 Å². The van der Waals surface area contributed by atoms with Crippen LogP contribution in [-0.4, -0.2) is 45.1 Å². The largest absolute Gasteiger partial charge is 0.355 e.